The molecule has 0 aromatic carbocycles. The van der Waals surface area contributed by atoms with Gasteiger partial charge in [0.2, 0.25) is 0 Å². The Labute approximate surface area is 116 Å². The summed E-state index contributed by atoms with van der Waals surface area (Å²) < 4.78 is 61.6. The van der Waals surface area contributed by atoms with Crippen LogP contribution in [0.1, 0.15) is 33.6 Å². The van der Waals surface area contributed by atoms with Crippen molar-refractivity contribution in [2.24, 2.45) is 0 Å². The van der Waals surface area contributed by atoms with E-state index in [1.807, 2.05) is 19.9 Å². The van der Waals surface area contributed by atoms with Gasteiger partial charge < -0.3 is 4.74 Å². The summed E-state index contributed by atoms with van der Waals surface area (Å²) >= 11 is 0. The molecule has 0 aliphatic carbocycles. The number of hydrogen-bond acceptors (Lipinski definition) is 4. The average Bonchev–Trinajstić information content (AvgIpc) is 2.26. The first-order valence-corrected chi connectivity index (χ1v) is 7.15. The molecule has 0 rings (SSSR count). The van der Waals surface area contributed by atoms with Crippen LogP contribution in [0.15, 0.2) is 23.3 Å². The predicted octanol–water partition coefficient (Wildman–Crippen LogP) is 3.11. The van der Waals surface area contributed by atoms with Gasteiger partial charge in [0.25, 0.3) is 0 Å². The van der Waals surface area contributed by atoms with Crippen molar-refractivity contribution in [2.45, 2.75) is 38.9 Å². The van der Waals surface area contributed by atoms with Crippen LogP contribution >= 0.6 is 0 Å². The van der Waals surface area contributed by atoms with Gasteiger partial charge in [0.1, 0.15) is 6.61 Å². The molecule has 0 aromatic rings. The van der Waals surface area contributed by atoms with Gasteiger partial charge in [-0.15, -0.1) is 0 Å². The highest BCUT2D eigenvalue weighted by atomic mass is 32.3. The maximum absolute atomic E-state index is 12.7. The quantitative estimate of drug-likeness (QED) is 0.411. The van der Waals surface area contributed by atoms with Crippen molar-refractivity contribution in [1.82, 2.24) is 0 Å². The molecule has 0 aliphatic rings. The molecule has 0 spiro atoms. The predicted molar refractivity (Wildman–Crippen MR) is 68.4 cm³/mol. The first kappa shape index (κ1) is 18.7. The van der Waals surface area contributed by atoms with E-state index < -0.39 is 28.1 Å². The minimum absolute atomic E-state index is 0.537. The van der Waals surface area contributed by atoms with E-state index in [9.17, 15) is 25.9 Å². The summed E-state index contributed by atoms with van der Waals surface area (Å²) in [6, 6.07) is 0. The highest BCUT2D eigenvalue weighted by Crippen LogP contribution is 2.25. The first-order valence-electron chi connectivity index (χ1n) is 5.76. The van der Waals surface area contributed by atoms with Crippen LogP contribution in [0.2, 0.25) is 0 Å². The van der Waals surface area contributed by atoms with Gasteiger partial charge in [-0.2, -0.15) is 17.2 Å². The molecule has 0 aliphatic heterocycles. The van der Waals surface area contributed by atoms with Gasteiger partial charge in [0, 0.05) is 0 Å². The molecular weight excluding hydrogens is 297 g/mol. The topological polar surface area (TPSA) is 60.4 Å². The molecular formula is C12H17F3O4S. The number of ether oxygens (including phenoxy) is 1. The molecule has 0 heterocycles. The number of allylic oxidation sites excluding steroid dienone is 3. The van der Waals surface area contributed by atoms with E-state index in [0.29, 0.717) is 6.42 Å². The SMILES string of the molecule is CC(C)=CCC/C(C)=C/COC(=O)C(F)(F)S(=O)(=O)F. The van der Waals surface area contributed by atoms with Gasteiger partial charge in [0.15, 0.2) is 0 Å². The van der Waals surface area contributed by atoms with E-state index in [4.69, 9.17) is 0 Å². The molecule has 20 heavy (non-hydrogen) atoms. The van der Waals surface area contributed by atoms with E-state index in [1.54, 1.807) is 6.92 Å². The number of carbonyl (C=O) groups excluding carboxylic acids is 1. The molecule has 0 amide bonds. The van der Waals surface area contributed by atoms with Crippen LogP contribution in [0.5, 0.6) is 0 Å². The van der Waals surface area contributed by atoms with Crippen molar-refractivity contribution >= 4 is 16.2 Å². The van der Waals surface area contributed by atoms with Gasteiger partial charge in [-0.05, 0) is 39.7 Å². The molecule has 0 atom stereocenters. The van der Waals surface area contributed by atoms with Crippen molar-refractivity contribution in [3.63, 3.8) is 0 Å². The van der Waals surface area contributed by atoms with Crippen LogP contribution < -0.4 is 0 Å². The zero-order chi connectivity index (χ0) is 16.0. The van der Waals surface area contributed by atoms with Crippen LogP contribution in [-0.4, -0.2) is 26.2 Å². The monoisotopic (exact) mass is 314 g/mol. The zero-order valence-electron chi connectivity index (χ0n) is 11.5. The third kappa shape index (κ3) is 6.23. The molecule has 8 heteroatoms. The van der Waals surface area contributed by atoms with E-state index in [0.717, 1.165) is 17.6 Å². The number of rotatable bonds is 7. The molecule has 4 nitrogen and oxygen atoms in total. The average molecular weight is 314 g/mol. The molecule has 0 unspecified atom stereocenters. The third-order valence-corrected chi connectivity index (χ3v) is 3.06. The summed E-state index contributed by atoms with van der Waals surface area (Å²) in [6.07, 6.45) is 4.72. The summed E-state index contributed by atoms with van der Waals surface area (Å²) in [5, 5.41) is -5.17. The lowest BCUT2D eigenvalue weighted by molar-refractivity contribution is -0.159. The Morgan fingerprint density at radius 3 is 2.20 bits per heavy atom. The van der Waals surface area contributed by atoms with Crippen molar-refractivity contribution in [1.29, 1.82) is 0 Å². The van der Waals surface area contributed by atoms with Gasteiger partial charge in [-0.3, -0.25) is 0 Å². The fraction of sp³-hybridized carbons (Fsp3) is 0.583. The number of hydrogen-bond donors (Lipinski definition) is 0. The Morgan fingerprint density at radius 2 is 1.75 bits per heavy atom. The van der Waals surface area contributed by atoms with Crippen LogP contribution in [0.25, 0.3) is 0 Å². The maximum Gasteiger partial charge on any atom is 0.470 e. The van der Waals surface area contributed by atoms with E-state index in [2.05, 4.69) is 4.74 Å². The minimum Gasteiger partial charge on any atom is -0.456 e. The Morgan fingerprint density at radius 1 is 1.20 bits per heavy atom. The van der Waals surface area contributed by atoms with Crippen molar-refractivity contribution < 1.29 is 30.6 Å². The second-order valence-electron chi connectivity index (χ2n) is 4.42. The fourth-order valence-electron chi connectivity index (χ4n) is 1.13. The largest absolute Gasteiger partial charge is 0.470 e. The Bertz CT molecular complexity index is 503. The lowest BCUT2D eigenvalue weighted by Crippen LogP contribution is -2.36. The van der Waals surface area contributed by atoms with Crippen LogP contribution in [0, 0.1) is 0 Å². The maximum atomic E-state index is 12.7. The minimum atomic E-state index is -6.31. The highest BCUT2D eigenvalue weighted by molar-refractivity contribution is 7.88. The van der Waals surface area contributed by atoms with Crippen molar-refractivity contribution in [3.05, 3.63) is 23.3 Å². The lowest BCUT2D eigenvalue weighted by Gasteiger charge is -2.09. The van der Waals surface area contributed by atoms with Gasteiger partial charge in [-0.1, -0.05) is 21.1 Å². The summed E-state index contributed by atoms with van der Waals surface area (Å²) in [7, 11) is -6.31. The first-order chi connectivity index (χ1) is 8.98. The summed E-state index contributed by atoms with van der Waals surface area (Å²) in [6.45, 7) is 5.03. The highest BCUT2D eigenvalue weighted by Gasteiger charge is 2.55. The zero-order valence-corrected chi connectivity index (χ0v) is 12.3. The second-order valence-corrected chi connectivity index (χ2v) is 5.81. The molecule has 0 saturated heterocycles. The molecule has 0 fully saturated rings. The second kappa shape index (κ2) is 7.47. The van der Waals surface area contributed by atoms with Gasteiger partial charge in [0.05, 0.1) is 0 Å². The van der Waals surface area contributed by atoms with E-state index >= 15 is 0 Å². The summed E-state index contributed by atoms with van der Waals surface area (Å²) in [5.74, 6) is -2.42. The fourth-order valence-corrected chi connectivity index (χ4v) is 1.39. The number of esters is 1. The van der Waals surface area contributed by atoms with Gasteiger partial charge in [-0.25, -0.2) is 4.79 Å². The number of carbonyl (C=O) groups is 1. The van der Waals surface area contributed by atoms with Crippen LogP contribution in [0.4, 0.5) is 12.7 Å². The smallest absolute Gasteiger partial charge is 0.456 e. The molecule has 0 bridgehead atoms. The van der Waals surface area contributed by atoms with Gasteiger partial charge >= 0.3 is 21.4 Å². The van der Waals surface area contributed by atoms with Crippen molar-refractivity contribution in [2.75, 3.05) is 6.61 Å². The normalized spacial score (nSPS) is 13.0. The number of halogens is 3. The van der Waals surface area contributed by atoms with Crippen LogP contribution in [-0.2, 0) is 19.8 Å². The molecule has 116 valence electrons. The molecule has 0 N–H and O–H groups in total. The summed E-state index contributed by atoms with van der Waals surface area (Å²) in [4.78, 5) is 10.8. The lowest BCUT2D eigenvalue weighted by atomic mass is 10.1. The standard InChI is InChI=1S/C12H17F3O4S/c1-9(2)5-4-6-10(3)7-8-19-11(16)12(13,14)20(15,17)18/h5,7H,4,6,8H2,1-3H3/b10-7+. The van der Waals surface area contributed by atoms with Crippen LogP contribution in [0.3, 0.4) is 0 Å². The summed E-state index contributed by atoms with van der Waals surface area (Å²) in [5.41, 5.74) is 1.92. The Hall–Kier alpha value is -1.31. The Balaban J connectivity index is 4.37. The third-order valence-electron chi connectivity index (χ3n) is 2.28. The van der Waals surface area contributed by atoms with E-state index in [1.165, 1.54) is 6.08 Å². The van der Waals surface area contributed by atoms with Crippen molar-refractivity contribution in [3.8, 4) is 0 Å². The molecule has 0 radical (unpaired) electrons. The molecule has 0 saturated carbocycles. The Kier molecular flexibility index (Phi) is 6.98. The number of alkyl halides is 2. The molecule has 0 aromatic heterocycles. The van der Waals surface area contributed by atoms with E-state index in [-0.39, 0.29) is 0 Å².